The zero-order valence-electron chi connectivity index (χ0n) is 31.4. The number of carbonyl (C=O) groups is 3. The molecule has 0 aromatic rings. The fraction of sp³-hybridized carbons (Fsp3) is 0.651. The third-order valence-electron chi connectivity index (χ3n) is 7.71. The monoisotopic (exact) mass is 683 g/mol. The highest BCUT2D eigenvalue weighted by Gasteiger charge is 2.19. The first-order chi connectivity index (χ1) is 24.0. The second-order valence-electron chi connectivity index (χ2n) is 12.4. The molecule has 0 rings (SSSR count). The smallest absolute Gasteiger partial charge is 0.310 e. The lowest BCUT2D eigenvalue weighted by Gasteiger charge is -2.18. The molecule has 0 fully saturated rings. The SMILES string of the molecule is CC/C=C\C/C=C\C/C=C\CC(=O)OC(COC(=O)CCCC/C=C\C/C=C\CC)COC(=O)CCCCC/C=C\CCCCCCCC. The Morgan fingerprint density at radius 1 is 0.449 bits per heavy atom. The fourth-order valence-electron chi connectivity index (χ4n) is 4.83. The summed E-state index contributed by atoms with van der Waals surface area (Å²) in [7, 11) is 0. The van der Waals surface area contributed by atoms with E-state index >= 15 is 0 Å². The predicted octanol–water partition coefficient (Wildman–Crippen LogP) is 12.0. The predicted molar refractivity (Wildman–Crippen MR) is 205 cm³/mol. The van der Waals surface area contributed by atoms with Crippen LogP contribution in [0.25, 0.3) is 0 Å². The first-order valence-electron chi connectivity index (χ1n) is 19.4. The molecule has 0 aromatic carbocycles. The number of unbranched alkanes of at least 4 members (excludes halogenated alkanes) is 11. The molecule has 0 aliphatic carbocycles. The van der Waals surface area contributed by atoms with E-state index in [0.717, 1.165) is 83.5 Å². The number of hydrogen-bond acceptors (Lipinski definition) is 6. The minimum atomic E-state index is -0.838. The Bertz CT molecular complexity index is 971. The summed E-state index contributed by atoms with van der Waals surface area (Å²) in [6.07, 6.45) is 45.1. The van der Waals surface area contributed by atoms with Crippen molar-refractivity contribution in [2.75, 3.05) is 13.2 Å². The number of ether oxygens (including phenoxy) is 3. The number of carbonyl (C=O) groups excluding carboxylic acids is 3. The van der Waals surface area contributed by atoms with Gasteiger partial charge in [-0.25, -0.2) is 0 Å². The van der Waals surface area contributed by atoms with E-state index in [1.807, 2.05) is 6.08 Å². The van der Waals surface area contributed by atoms with Crippen LogP contribution in [0.15, 0.2) is 72.9 Å². The summed E-state index contributed by atoms with van der Waals surface area (Å²) in [6.45, 7) is 6.20. The second kappa shape index (κ2) is 37.7. The Hall–Kier alpha value is -3.15. The summed E-state index contributed by atoms with van der Waals surface area (Å²) in [6, 6.07) is 0. The molecule has 1 unspecified atom stereocenters. The highest BCUT2D eigenvalue weighted by Crippen LogP contribution is 2.10. The van der Waals surface area contributed by atoms with Gasteiger partial charge in [0.05, 0.1) is 6.42 Å². The van der Waals surface area contributed by atoms with E-state index in [4.69, 9.17) is 14.2 Å². The Morgan fingerprint density at radius 3 is 1.41 bits per heavy atom. The molecule has 0 heterocycles. The summed E-state index contributed by atoms with van der Waals surface area (Å²) in [5.41, 5.74) is 0. The van der Waals surface area contributed by atoms with Gasteiger partial charge < -0.3 is 14.2 Å². The van der Waals surface area contributed by atoms with Crippen LogP contribution in [0.4, 0.5) is 0 Å². The van der Waals surface area contributed by atoms with Gasteiger partial charge in [0.15, 0.2) is 6.10 Å². The second-order valence-corrected chi connectivity index (χ2v) is 12.4. The zero-order valence-corrected chi connectivity index (χ0v) is 31.4. The average Bonchev–Trinajstić information content (AvgIpc) is 3.10. The largest absolute Gasteiger partial charge is 0.462 e. The summed E-state index contributed by atoms with van der Waals surface area (Å²) < 4.78 is 16.4. The molecule has 0 saturated carbocycles. The van der Waals surface area contributed by atoms with Crippen molar-refractivity contribution in [3.05, 3.63) is 72.9 Å². The molecule has 0 spiro atoms. The molecule has 0 aliphatic rings. The maximum absolute atomic E-state index is 12.5. The molecule has 0 bridgehead atoms. The van der Waals surface area contributed by atoms with Crippen LogP contribution >= 0.6 is 0 Å². The fourth-order valence-corrected chi connectivity index (χ4v) is 4.83. The van der Waals surface area contributed by atoms with Gasteiger partial charge in [0.2, 0.25) is 0 Å². The lowest BCUT2D eigenvalue weighted by molar-refractivity contribution is -0.166. The van der Waals surface area contributed by atoms with Crippen LogP contribution in [-0.2, 0) is 28.6 Å². The Balaban J connectivity index is 4.51. The number of rotatable bonds is 33. The molecule has 0 amide bonds. The van der Waals surface area contributed by atoms with Crippen LogP contribution in [0, 0.1) is 0 Å². The Morgan fingerprint density at radius 2 is 0.857 bits per heavy atom. The molecule has 0 radical (unpaired) electrons. The van der Waals surface area contributed by atoms with Crippen molar-refractivity contribution in [2.24, 2.45) is 0 Å². The van der Waals surface area contributed by atoms with Crippen molar-refractivity contribution in [1.29, 1.82) is 0 Å². The Kier molecular flexibility index (Phi) is 35.2. The highest BCUT2D eigenvalue weighted by atomic mass is 16.6. The van der Waals surface area contributed by atoms with Crippen LogP contribution < -0.4 is 0 Å². The van der Waals surface area contributed by atoms with Gasteiger partial charge in [-0.05, 0) is 83.5 Å². The standard InChI is InChI=1S/C43H70O6/c1-4-7-10-13-16-19-20-21-22-25-27-30-33-36-42(45)48-39-40(49-43(46)37-34-31-28-24-18-15-12-9-6-3)38-47-41(44)35-32-29-26-23-17-14-11-8-5-2/h8-9,11-12,17-18,21-24,31,34,40H,4-7,10,13-16,19-20,25-30,32-33,35-39H2,1-3H3/b11-8-,12-9-,22-21-,23-17-,24-18-,34-31-. The van der Waals surface area contributed by atoms with E-state index in [1.54, 1.807) is 6.08 Å². The molecule has 1 atom stereocenters. The first-order valence-corrected chi connectivity index (χ1v) is 19.4. The lowest BCUT2D eigenvalue weighted by Crippen LogP contribution is -2.30. The zero-order chi connectivity index (χ0) is 35.9. The van der Waals surface area contributed by atoms with Gasteiger partial charge in [-0.3, -0.25) is 14.4 Å². The van der Waals surface area contributed by atoms with Crippen LogP contribution in [0.5, 0.6) is 0 Å². The van der Waals surface area contributed by atoms with Gasteiger partial charge in [-0.1, -0.05) is 132 Å². The van der Waals surface area contributed by atoms with Crippen LogP contribution in [0.2, 0.25) is 0 Å². The van der Waals surface area contributed by atoms with Crippen molar-refractivity contribution in [3.8, 4) is 0 Å². The number of hydrogen-bond donors (Lipinski definition) is 0. The quantitative estimate of drug-likeness (QED) is 0.0297. The number of esters is 3. The van der Waals surface area contributed by atoms with E-state index in [9.17, 15) is 14.4 Å². The molecule has 0 N–H and O–H groups in total. The topological polar surface area (TPSA) is 78.9 Å². The van der Waals surface area contributed by atoms with Crippen LogP contribution in [-0.4, -0.2) is 37.2 Å². The van der Waals surface area contributed by atoms with E-state index in [2.05, 4.69) is 81.5 Å². The van der Waals surface area contributed by atoms with Gasteiger partial charge in [0.25, 0.3) is 0 Å². The van der Waals surface area contributed by atoms with Gasteiger partial charge in [0, 0.05) is 12.8 Å². The van der Waals surface area contributed by atoms with Crippen molar-refractivity contribution in [1.82, 2.24) is 0 Å². The summed E-state index contributed by atoms with van der Waals surface area (Å²) in [5, 5.41) is 0. The molecule has 0 saturated heterocycles. The Labute approximate surface area is 300 Å². The summed E-state index contributed by atoms with van der Waals surface area (Å²) in [5.74, 6) is -1.12. The van der Waals surface area contributed by atoms with Crippen molar-refractivity contribution >= 4 is 17.9 Å². The van der Waals surface area contributed by atoms with Crippen LogP contribution in [0.1, 0.15) is 162 Å². The van der Waals surface area contributed by atoms with Gasteiger partial charge in [0.1, 0.15) is 13.2 Å². The van der Waals surface area contributed by atoms with Crippen molar-refractivity contribution in [3.63, 3.8) is 0 Å². The average molecular weight is 683 g/mol. The van der Waals surface area contributed by atoms with E-state index < -0.39 is 12.1 Å². The van der Waals surface area contributed by atoms with Crippen molar-refractivity contribution < 1.29 is 28.6 Å². The van der Waals surface area contributed by atoms with Crippen molar-refractivity contribution in [2.45, 2.75) is 168 Å². The summed E-state index contributed by atoms with van der Waals surface area (Å²) >= 11 is 0. The molecular formula is C43H70O6. The molecule has 49 heavy (non-hydrogen) atoms. The van der Waals surface area contributed by atoms with E-state index in [-0.39, 0.29) is 31.6 Å². The minimum absolute atomic E-state index is 0.0944. The first kappa shape index (κ1) is 45.9. The van der Waals surface area contributed by atoms with E-state index in [0.29, 0.717) is 12.8 Å². The molecule has 6 nitrogen and oxygen atoms in total. The lowest BCUT2D eigenvalue weighted by atomic mass is 10.1. The van der Waals surface area contributed by atoms with Gasteiger partial charge in [-0.2, -0.15) is 0 Å². The third kappa shape index (κ3) is 36.0. The van der Waals surface area contributed by atoms with Gasteiger partial charge in [-0.15, -0.1) is 0 Å². The highest BCUT2D eigenvalue weighted by molar-refractivity contribution is 5.72. The molecule has 278 valence electrons. The summed E-state index contributed by atoms with van der Waals surface area (Å²) in [4.78, 5) is 37.3. The minimum Gasteiger partial charge on any atom is -0.462 e. The third-order valence-corrected chi connectivity index (χ3v) is 7.71. The molecular weight excluding hydrogens is 612 g/mol. The van der Waals surface area contributed by atoms with Crippen LogP contribution in [0.3, 0.4) is 0 Å². The molecule has 0 aromatic heterocycles. The normalized spacial score (nSPS) is 12.8. The number of allylic oxidation sites excluding steroid dienone is 11. The molecule has 0 aliphatic heterocycles. The molecule has 6 heteroatoms. The van der Waals surface area contributed by atoms with E-state index in [1.165, 1.54) is 38.5 Å². The maximum Gasteiger partial charge on any atom is 0.310 e. The maximum atomic E-state index is 12.5. The van der Waals surface area contributed by atoms with Gasteiger partial charge >= 0.3 is 17.9 Å².